The highest BCUT2D eigenvalue weighted by Gasteiger charge is 2.03. The Morgan fingerprint density at radius 2 is 1.56 bits per heavy atom. The van der Waals surface area contributed by atoms with Gasteiger partial charge in [0.25, 0.3) is 0 Å². The van der Waals surface area contributed by atoms with E-state index in [4.69, 9.17) is 9.47 Å². The molecule has 0 fully saturated rings. The predicted octanol–water partition coefficient (Wildman–Crippen LogP) is 3.00. The van der Waals surface area contributed by atoms with Gasteiger partial charge in [-0.25, -0.2) is 0 Å². The Kier molecular flexibility index (Phi) is 3.72. The Hall–Kier alpha value is -2.16. The van der Waals surface area contributed by atoms with E-state index >= 15 is 0 Å². The highest BCUT2D eigenvalue weighted by molar-refractivity contribution is 5.43. The molecule has 0 amide bonds. The Labute approximate surface area is 107 Å². The number of hydrogen-bond acceptors (Lipinski definition) is 3. The van der Waals surface area contributed by atoms with Crippen molar-refractivity contribution in [3.63, 3.8) is 0 Å². The molecule has 18 heavy (non-hydrogen) atoms. The first-order chi connectivity index (χ1) is 8.72. The monoisotopic (exact) mass is 244 g/mol. The van der Waals surface area contributed by atoms with Crippen molar-refractivity contribution in [3.05, 3.63) is 53.6 Å². The van der Waals surface area contributed by atoms with Crippen LogP contribution in [0.1, 0.15) is 11.1 Å². The Balaban J connectivity index is 2.15. The second-order valence-electron chi connectivity index (χ2n) is 4.03. The molecule has 0 heterocycles. The molecule has 2 rings (SSSR count). The van der Waals surface area contributed by atoms with E-state index < -0.39 is 0 Å². The lowest BCUT2D eigenvalue weighted by Gasteiger charge is -2.07. The molecular formula is C15H16O3. The van der Waals surface area contributed by atoms with Gasteiger partial charge in [0.15, 0.2) is 11.5 Å². The van der Waals surface area contributed by atoms with E-state index in [1.807, 2.05) is 30.3 Å². The van der Waals surface area contributed by atoms with Crippen LogP contribution in [0.15, 0.2) is 42.5 Å². The van der Waals surface area contributed by atoms with Crippen LogP contribution in [0.2, 0.25) is 0 Å². The van der Waals surface area contributed by atoms with Crippen LogP contribution in [0.5, 0.6) is 17.2 Å². The van der Waals surface area contributed by atoms with Crippen molar-refractivity contribution in [1.82, 2.24) is 0 Å². The second kappa shape index (κ2) is 5.45. The van der Waals surface area contributed by atoms with Crippen LogP contribution in [0.3, 0.4) is 0 Å². The molecule has 0 atom stereocenters. The number of ether oxygens (including phenoxy) is 2. The molecule has 0 aliphatic rings. The predicted molar refractivity (Wildman–Crippen MR) is 70.5 cm³/mol. The summed E-state index contributed by atoms with van der Waals surface area (Å²) < 4.78 is 10.1. The summed E-state index contributed by atoms with van der Waals surface area (Å²) in [5.41, 5.74) is 2.21. The molecule has 2 aromatic carbocycles. The van der Waals surface area contributed by atoms with Crippen molar-refractivity contribution in [2.45, 2.75) is 6.42 Å². The van der Waals surface area contributed by atoms with Crippen molar-refractivity contribution in [3.8, 4) is 17.2 Å². The first-order valence-electron chi connectivity index (χ1n) is 5.71. The number of benzene rings is 2. The molecule has 1 N–H and O–H groups in total. The highest BCUT2D eigenvalue weighted by atomic mass is 16.5. The molecule has 2 aromatic rings. The summed E-state index contributed by atoms with van der Waals surface area (Å²) in [5.74, 6) is 1.51. The van der Waals surface area contributed by atoms with Gasteiger partial charge in [-0.1, -0.05) is 18.2 Å². The molecule has 0 saturated carbocycles. The fourth-order valence-corrected chi connectivity index (χ4v) is 1.82. The van der Waals surface area contributed by atoms with E-state index in [0.717, 1.165) is 17.7 Å². The van der Waals surface area contributed by atoms with Crippen LogP contribution in [0.25, 0.3) is 0 Å². The lowest BCUT2D eigenvalue weighted by atomic mass is 10.0. The number of rotatable bonds is 4. The molecule has 94 valence electrons. The SMILES string of the molecule is COc1ccc(Cc2ccc(OC)c(O)c2)cc1. The molecule has 0 radical (unpaired) electrons. The Morgan fingerprint density at radius 1 is 0.889 bits per heavy atom. The van der Waals surface area contributed by atoms with Gasteiger partial charge in [0.2, 0.25) is 0 Å². The van der Waals surface area contributed by atoms with Crippen molar-refractivity contribution in [2.24, 2.45) is 0 Å². The van der Waals surface area contributed by atoms with Crippen molar-refractivity contribution < 1.29 is 14.6 Å². The van der Waals surface area contributed by atoms with Crippen molar-refractivity contribution in [2.75, 3.05) is 14.2 Å². The van der Waals surface area contributed by atoms with Gasteiger partial charge in [0.05, 0.1) is 14.2 Å². The van der Waals surface area contributed by atoms with Gasteiger partial charge >= 0.3 is 0 Å². The number of hydrogen-bond donors (Lipinski definition) is 1. The zero-order chi connectivity index (χ0) is 13.0. The fourth-order valence-electron chi connectivity index (χ4n) is 1.82. The van der Waals surface area contributed by atoms with E-state index in [0.29, 0.717) is 5.75 Å². The van der Waals surface area contributed by atoms with E-state index in [9.17, 15) is 5.11 Å². The van der Waals surface area contributed by atoms with Crippen LogP contribution >= 0.6 is 0 Å². The third kappa shape index (κ3) is 2.74. The van der Waals surface area contributed by atoms with Gasteiger partial charge < -0.3 is 14.6 Å². The first kappa shape index (κ1) is 12.3. The molecule has 0 aromatic heterocycles. The molecule has 0 unspecified atom stereocenters. The summed E-state index contributed by atoms with van der Waals surface area (Å²) >= 11 is 0. The van der Waals surface area contributed by atoms with E-state index in [2.05, 4.69) is 0 Å². The van der Waals surface area contributed by atoms with Crippen LogP contribution in [0, 0.1) is 0 Å². The fraction of sp³-hybridized carbons (Fsp3) is 0.200. The summed E-state index contributed by atoms with van der Waals surface area (Å²) in [6.07, 6.45) is 0.765. The molecule has 0 aliphatic carbocycles. The molecular weight excluding hydrogens is 228 g/mol. The van der Waals surface area contributed by atoms with Gasteiger partial charge in [-0.3, -0.25) is 0 Å². The third-order valence-corrected chi connectivity index (χ3v) is 2.81. The maximum atomic E-state index is 9.71. The lowest BCUT2D eigenvalue weighted by Crippen LogP contribution is -1.90. The number of methoxy groups -OCH3 is 2. The van der Waals surface area contributed by atoms with E-state index in [1.54, 1.807) is 19.2 Å². The summed E-state index contributed by atoms with van der Waals surface area (Å²) in [6, 6.07) is 13.3. The van der Waals surface area contributed by atoms with Gasteiger partial charge in [-0.15, -0.1) is 0 Å². The van der Waals surface area contributed by atoms with Crippen LogP contribution in [-0.4, -0.2) is 19.3 Å². The van der Waals surface area contributed by atoms with Crippen LogP contribution in [-0.2, 0) is 6.42 Å². The zero-order valence-electron chi connectivity index (χ0n) is 10.5. The molecule has 0 saturated heterocycles. The quantitative estimate of drug-likeness (QED) is 0.898. The Bertz CT molecular complexity index is 518. The first-order valence-corrected chi connectivity index (χ1v) is 5.71. The van der Waals surface area contributed by atoms with Gasteiger partial charge in [-0.2, -0.15) is 0 Å². The standard InChI is InChI=1S/C15H16O3/c1-17-13-6-3-11(4-7-13)9-12-5-8-15(18-2)14(16)10-12/h3-8,10,16H,9H2,1-2H3. The smallest absolute Gasteiger partial charge is 0.160 e. The number of phenolic OH excluding ortho intramolecular Hbond substituents is 1. The van der Waals surface area contributed by atoms with Crippen LogP contribution < -0.4 is 9.47 Å². The Morgan fingerprint density at radius 3 is 2.11 bits per heavy atom. The maximum absolute atomic E-state index is 9.71. The molecule has 3 nitrogen and oxygen atoms in total. The van der Waals surface area contributed by atoms with Gasteiger partial charge in [-0.05, 0) is 41.8 Å². The van der Waals surface area contributed by atoms with Crippen molar-refractivity contribution in [1.29, 1.82) is 0 Å². The average molecular weight is 244 g/mol. The minimum Gasteiger partial charge on any atom is -0.504 e. The second-order valence-corrected chi connectivity index (χ2v) is 4.03. The average Bonchev–Trinajstić information content (AvgIpc) is 2.40. The molecule has 0 aliphatic heterocycles. The van der Waals surface area contributed by atoms with E-state index in [-0.39, 0.29) is 5.75 Å². The molecule has 0 spiro atoms. The molecule has 3 heteroatoms. The molecule has 0 bridgehead atoms. The van der Waals surface area contributed by atoms with Crippen LogP contribution in [0.4, 0.5) is 0 Å². The summed E-state index contributed by atoms with van der Waals surface area (Å²) in [6.45, 7) is 0. The number of aromatic hydroxyl groups is 1. The maximum Gasteiger partial charge on any atom is 0.160 e. The highest BCUT2D eigenvalue weighted by Crippen LogP contribution is 2.27. The summed E-state index contributed by atoms with van der Waals surface area (Å²) in [7, 11) is 3.19. The van der Waals surface area contributed by atoms with Gasteiger partial charge in [0.1, 0.15) is 5.75 Å². The number of phenols is 1. The lowest BCUT2D eigenvalue weighted by molar-refractivity contribution is 0.373. The van der Waals surface area contributed by atoms with Crippen molar-refractivity contribution >= 4 is 0 Å². The van der Waals surface area contributed by atoms with Gasteiger partial charge in [0, 0.05) is 0 Å². The zero-order valence-corrected chi connectivity index (χ0v) is 10.5. The minimum atomic E-state index is 0.170. The summed E-state index contributed by atoms with van der Waals surface area (Å²) in [4.78, 5) is 0. The topological polar surface area (TPSA) is 38.7 Å². The normalized spacial score (nSPS) is 10.1. The van der Waals surface area contributed by atoms with E-state index in [1.165, 1.54) is 12.7 Å². The third-order valence-electron chi connectivity index (χ3n) is 2.81. The summed E-state index contributed by atoms with van der Waals surface area (Å²) in [5, 5.41) is 9.71. The minimum absolute atomic E-state index is 0.170. The largest absolute Gasteiger partial charge is 0.504 e.